The van der Waals surface area contributed by atoms with Crippen molar-refractivity contribution in [3.05, 3.63) is 83.7 Å². The molecule has 2 heterocycles. The summed E-state index contributed by atoms with van der Waals surface area (Å²) < 4.78 is 2.16. The van der Waals surface area contributed by atoms with Gasteiger partial charge in [-0.25, -0.2) is 4.98 Å². The number of carbonyl (C=O) groups excluding carboxylic acids is 1. The first-order chi connectivity index (χ1) is 15.4. The Hall–Kier alpha value is -3.40. The third-order valence-corrected chi connectivity index (χ3v) is 6.00. The molecule has 0 aliphatic rings. The Balaban J connectivity index is 1.76. The Bertz CT molecular complexity index is 1240. The van der Waals surface area contributed by atoms with E-state index in [1.807, 2.05) is 6.92 Å². The van der Waals surface area contributed by atoms with Gasteiger partial charge in [-0.15, -0.1) is 0 Å². The molecule has 4 nitrogen and oxygen atoms in total. The van der Waals surface area contributed by atoms with Crippen molar-refractivity contribution >= 4 is 11.6 Å². The van der Waals surface area contributed by atoms with Crippen molar-refractivity contribution in [2.45, 2.75) is 53.0 Å². The van der Waals surface area contributed by atoms with Gasteiger partial charge in [-0.1, -0.05) is 66.6 Å². The number of amides is 1. The highest BCUT2D eigenvalue weighted by atomic mass is 16.1. The van der Waals surface area contributed by atoms with Gasteiger partial charge in [-0.05, 0) is 56.9 Å². The zero-order valence-corrected chi connectivity index (χ0v) is 19.4. The fourth-order valence-electron chi connectivity index (χ4n) is 3.95. The normalized spacial score (nSPS) is 12.1. The molecule has 0 saturated heterocycles. The fraction of sp³-hybridized carbons (Fsp3) is 0.286. The van der Waals surface area contributed by atoms with Crippen LogP contribution in [0.15, 0.2) is 66.9 Å². The molecule has 4 heteroatoms. The highest BCUT2D eigenvalue weighted by Gasteiger charge is 2.17. The first-order valence-electron chi connectivity index (χ1n) is 11.4. The number of aromatic nitrogens is 2. The highest BCUT2D eigenvalue weighted by molar-refractivity contribution is 5.77. The van der Waals surface area contributed by atoms with Gasteiger partial charge in [0.15, 0.2) is 0 Å². The molecular formula is C28H31N3O. The summed E-state index contributed by atoms with van der Waals surface area (Å²) in [4.78, 5) is 17.5. The third kappa shape index (κ3) is 4.75. The zero-order chi connectivity index (χ0) is 22.7. The number of imidazole rings is 1. The smallest absolute Gasteiger partial charge is 0.220 e. The summed E-state index contributed by atoms with van der Waals surface area (Å²) in [5, 5.41) is 3.08. The van der Waals surface area contributed by atoms with Crippen molar-refractivity contribution in [2.24, 2.45) is 0 Å². The van der Waals surface area contributed by atoms with Crippen LogP contribution < -0.4 is 5.32 Å². The van der Waals surface area contributed by atoms with Gasteiger partial charge in [0.25, 0.3) is 0 Å². The number of benzene rings is 2. The molecule has 1 amide bonds. The average molecular weight is 426 g/mol. The highest BCUT2D eigenvalue weighted by Crippen LogP contribution is 2.29. The number of hydrogen-bond acceptors (Lipinski definition) is 2. The van der Waals surface area contributed by atoms with E-state index in [0.717, 1.165) is 34.6 Å². The minimum Gasteiger partial charge on any atom is -0.354 e. The molecule has 1 atom stereocenters. The first-order valence-corrected chi connectivity index (χ1v) is 11.4. The predicted octanol–water partition coefficient (Wildman–Crippen LogP) is 6.13. The maximum atomic E-state index is 12.5. The van der Waals surface area contributed by atoms with E-state index < -0.39 is 0 Å². The quantitative estimate of drug-likeness (QED) is 0.387. The summed E-state index contributed by atoms with van der Waals surface area (Å²) in [5.74, 6) is 0.0824. The molecule has 0 saturated carbocycles. The maximum absolute atomic E-state index is 12.5. The largest absolute Gasteiger partial charge is 0.354 e. The number of fused-ring (bicyclic) bond motifs is 1. The summed E-state index contributed by atoms with van der Waals surface area (Å²) in [6.07, 6.45) is 4.14. The van der Waals surface area contributed by atoms with Crippen LogP contribution in [0.1, 0.15) is 43.5 Å². The number of nitrogens with zero attached hydrogens (tertiary/aromatic N) is 2. The van der Waals surface area contributed by atoms with Gasteiger partial charge in [0.2, 0.25) is 5.91 Å². The number of carbonyl (C=O) groups is 1. The Morgan fingerprint density at radius 2 is 1.72 bits per heavy atom. The number of rotatable bonds is 7. The SMILES string of the molecule is CC[C@@H](C)NC(=O)CCc1c(-c2ccc(C)cc2)nc2ccc(-c3cccc(C)c3)cn12. The molecule has 2 aromatic heterocycles. The molecular weight excluding hydrogens is 394 g/mol. The van der Waals surface area contributed by atoms with Crippen LogP contribution in [0.4, 0.5) is 0 Å². The summed E-state index contributed by atoms with van der Waals surface area (Å²) in [6, 6.07) is 21.3. The molecule has 164 valence electrons. The van der Waals surface area contributed by atoms with Gasteiger partial charge < -0.3 is 9.72 Å². The van der Waals surface area contributed by atoms with Crippen molar-refractivity contribution in [1.82, 2.24) is 14.7 Å². The van der Waals surface area contributed by atoms with Gasteiger partial charge in [0.1, 0.15) is 5.65 Å². The summed E-state index contributed by atoms with van der Waals surface area (Å²) in [7, 11) is 0. The van der Waals surface area contributed by atoms with Crippen LogP contribution in [0.3, 0.4) is 0 Å². The topological polar surface area (TPSA) is 46.4 Å². The second kappa shape index (κ2) is 9.39. The van der Waals surface area contributed by atoms with Crippen LogP contribution in [0.25, 0.3) is 28.0 Å². The Morgan fingerprint density at radius 1 is 0.969 bits per heavy atom. The average Bonchev–Trinajstić information content (AvgIpc) is 3.15. The van der Waals surface area contributed by atoms with Crippen molar-refractivity contribution in [3.8, 4) is 22.4 Å². The van der Waals surface area contributed by atoms with Crippen molar-refractivity contribution in [1.29, 1.82) is 0 Å². The molecule has 0 aliphatic heterocycles. The number of pyridine rings is 1. The van der Waals surface area contributed by atoms with E-state index in [4.69, 9.17) is 4.98 Å². The van der Waals surface area contributed by atoms with Gasteiger partial charge in [0, 0.05) is 24.2 Å². The molecule has 0 aliphatic carbocycles. The monoisotopic (exact) mass is 425 g/mol. The van der Waals surface area contributed by atoms with Gasteiger partial charge >= 0.3 is 0 Å². The molecule has 32 heavy (non-hydrogen) atoms. The lowest BCUT2D eigenvalue weighted by Gasteiger charge is -2.12. The van der Waals surface area contributed by atoms with Crippen LogP contribution in [0.2, 0.25) is 0 Å². The van der Waals surface area contributed by atoms with Crippen LogP contribution in [0, 0.1) is 13.8 Å². The maximum Gasteiger partial charge on any atom is 0.220 e. The fourth-order valence-corrected chi connectivity index (χ4v) is 3.95. The van der Waals surface area contributed by atoms with E-state index in [0.29, 0.717) is 12.8 Å². The molecule has 1 N–H and O–H groups in total. The second-order valence-corrected chi connectivity index (χ2v) is 8.67. The van der Waals surface area contributed by atoms with E-state index in [9.17, 15) is 4.79 Å². The van der Waals surface area contributed by atoms with E-state index in [-0.39, 0.29) is 11.9 Å². The summed E-state index contributed by atoms with van der Waals surface area (Å²) in [6.45, 7) is 8.31. The van der Waals surface area contributed by atoms with Crippen molar-refractivity contribution in [3.63, 3.8) is 0 Å². The minimum absolute atomic E-state index is 0.0824. The van der Waals surface area contributed by atoms with Crippen LogP contribution in [-0.2, 0) is 11.2 Å². The van der Waals surface area contributed by atoms with Crippen LogP contribution >= 0.6 is 0 Å². The van der Waals surface area contributed by atoms with Crippen LogP contribution in [0.5, 0.6) is 0 Å². The minimum atomic E-state index is 0.0824. The Morgan fingerprint density at radius 3 is 2.44 bits per heavy atom. The van der Waals surface area contributed by atoms with Crippen molar-refractivity contribution < 1.29 is 4.79 Å². The lowest BCUT2D eigenvalue weighted by Crippen LogP contribution is -2.32. The Kier molecular flexibility index (Phi) is 6.40. The second-order valence-electron chi connectivity index (χ2n) is 8.67. The molecule has 0 unspecified atom stereocenters. The standard InChI is InChI=1S/C28H31N3O/c1-5-21(4)29-27(32)16-14-25-28(22-11-9-19(2)10-12-22)30-26-15-13-24(18-31(25)26)23-8-6-7-20(3)17-23/h6-13,15,17-18,21H,5,14,16H2,1-4H3,(H,29,32)/t21-/m1/s1. The van der Waals surface area contributed by atoms with Gasteiger partial charge in [-0.3, -0.25) is 4.79 Å². The van der Waals surface area contributed by atoms with Gasteiger partial charge in [-0.2, -0.15) is 0 Å². The van der Waals surface area contributed by atoms with Crippen molar-refractivity contribution in [2.75, 3.05) is 0 Å². The van der Waals surface area contributed by atoms with E-state index in [1.165, 1.54) is 16.7 Å². The van der Waals surface area contributed by atoms with E-state index in [2.05, 4.69) is 97.3 Å². The molecule has 0 spiro atoms. The number of aryl methyl sites for hydroxylation is 3. The number of hydrogen-bond donors (Lipinski definition) is 1. The third-order valence-electron chi connectivity index (χ3n) is 6.00. The molecule has 0 radical (unpaired) electrons. The summed E-state index contributed by atoms with van der Waals surface area (Å²) >= 11 is 0. The Labute approximate surface area is 190 Å². The van der Waals surface area contributed by atoms with E-state index in [1.54, 1.807) is 0 Å². The predicted molar refractivity (Wildman–Crippen MR) is 132 cm³/mol. The first kappa shape index (κ1) is 21.8. The molecule has 4 aromatic rings. The summed E-state index contributed by atoms with van der Waals surface area (Å²) in [5.41, 5.74) is 8.75. The number of nitrogens with one attached hydrogen (secondary N) is 1. The molecule has 4 rings (SSSR count). The lowest BCUT2D eigenvalue weighted by atomic mass is 10.0. The lowest BCUT2D eigenvalue weighted by molar-refractivity contribution is -0.121. The van der Waals surface area contributed by atoms with Crippen LogP contribution in [-0.4, -0.2) is 21.3 Å². The van der Waals surface area contributed by atoms with Gasteiger partial charge in [0.05, 0.1) is 11.4 Å². The molecule has 2 aromatic carbocycles. The molecule has 0 bridgehead atoms. The molecule has 0 fully saturated rings. The van der Waals surface area contributed by atoms with E-state index >= 15 is 0 Å². The zero-order valence-electron chi connectivity index (χ0n) is 19.4.